The first-order valence-corrected chi connectivity index (χ1v) is 7.21. The van der Waals surface area contributed by atoms with Crippen LogP contribution in [-0.4, -0.2) is 43.3 Å². The van der Waals surface area contributed by atoms with Crippen molar-refractivity contribution in [3.63, 3.8) is 0 Å². The minimum atomic E-state index is -3.24. The van der Waals surface area contributed by atoms with Gasteiger partial charge in [0.25, 0.3) is 0 Å². The number of carbonyl (C=O) groups excluding carboxylic acids is 1. The Bertz CT molecular complexity index is 318. The van der Waals surface area contributed by atoms with E-state index >= 15 is 0 Å². The summed E-state index contributed by atoms with van der Waals surface area (Å²) in [7, 11) is -3.24. The number of hydrogen-bond donors (Lipinski definition) is 0. The van der Waals surface area contributed by atoms with Crippen molar-refractivity contribution in [1.82, 2.24) is 4.90 Å². The van der Waals surface area contributed by atoms with Gasteiger partial charge in [0, 0.05) is 18.8 Å². The summed E-state index contributed by atoms with van der Waals surface area (Å²) >= 11 is 0. The molecule has 4 nitrogen and oxygen atoms in total. The molecule has 0 radical (unpaired) electrons. The first-order chi connectivity index (χ1) is 6.99. The van der Waals surface area contributed by atoms with Gasteiger partial charge in [0.1, 0.15) is 5.25 Å². The van der Waals surface area contributed by atoms with E-state index in [0.29, 0.717) is 13.1 Å². The molecule has 5 heteroatoms. The first-order valence-electron chi connectivity index (χ1n) is 5.49. The molecule has 1 heterocycles. The van der Waals surface area contributed by atoms with Crippen molar-refractivity contribution in [3.8, 4) is 0 Å². The molecule has 0 bridgehead atoms. The van der Waals surface area contributed by atoms with Gasteiger partial charge in [-0.05, 0) is 26.2 Å². The first kappa shape index (κ1) is 12.5. The van der Waals surface area contributed by atoms with Crippen LogP contribution < -0.4 is 0 Å². The van der Waals surface area contributed by atoms with Crippen LogP contribution in [0, 0.1) is 0 Å². The zero-order chi connectivity index (χ0) is 11.5. The fourth-order valence-electron chi connectivity index (χ4n) is 1.78. The number of likely N-dealkylation sites (tertiary alicyclic amines) is 1. The Balaban J connectivity index is 2.67. The molecule has 1 amide bonds. The molecular weight excluding hydrogens is 214 g/mol. The molecule has 0 saturated carbocycles. The van der Waals surface area contributed by atoms with E-state index < -0.39 is 15.1 Å². The highest BCUT2D eigenvalue weighted by atomic mass is 32.2. The summed E-state index contributed by atoms with van der Waals surface area (Å²) < 4.78 is 23.1. The fraction of sp³-hybridized carbons (Fsp3) is 0.900. The highest BCUT2D eigenvalue weighted by Crippen LogP contribution is 2.13. The average Bonchev–Trinajstić information content (AvgIpc) is 2.28. The molecular formula is C10H19NO3S. The second kappa shape index (κ2) is 4.96. The van der Waals surface area contributed by atoms with Crippen LogP contribution in [-0.2, 0) is 14.6 Å². The zero-order valence-corrected chi connectivity index (χ0v) is 10.2. The summed E-state index contributed by atoms with van der Waals surface area (Å²) in [5, 5.41) is -0.874. The Kier molecular flexibility index (Phi) is 4.13. The molecule has 0 spiro atoms. The zero-order valence-electron chi connectivity index (χ0n) is 9.40. The quantitative estimate of drug-likeness (QED) is 0.725. The molecule has 88 valence electrons. The third-order valence-electron chi connectivity index (χ3n) is 2.96. The van der Waals surface area contributed by atoms with Gasteiger partial charge in [0.05, 0.1) is 0 Å². The highest BCUT2D eigenvalue weighted by Gasteiger charge is 2.30. The van der Waals surface area contributed by atoms with E-state index in [1.165, 1.54) is 6.92 Å². The van der Waals surface area contributed by atoms with Gasteiger partial charge in [-0.2, -0.15) is 0 Å². The molecule has 0 N–H and O–H groups in total. The maximum Gasteiger partial charge on any atom is 0.240 e. The molecule has 1 saturated heterocycles. The van der Waals surface area contributed by atoms with E-state index in [-0.39, 0.29) is 11.7 Å². The summed E-state index contributed by atoms with van der Waals surface area (Å²) in [5.41, 5.74) is 0. The minimum Gasteiger partial charge on any atom is -0.342 e. The molecule has 1 rings (SSSR count). The summed E-state index contributed by atoms with van der Waals surface area (Å²) in [6, 6.07) is 0. The second-order valence-corrected chi connectivity index (χ2v) is 6.59. The van der Waals surface area contributed by atoms with Crippen molar-refractivity contribution in [2.75, 3.05) is 18.8 Å². The number of piperidine rings is 1. The van der Waals surface area contributed by atoms with E-state index in [2.05, 4.69) is 0 Å². The summed E-state index contributed by atoms with van der Waals surface area (Å²) in [5.74, 6) is -0.190. The van der Waals surface area contributed by atoms with Crippen molar-refractivity contribution in [3.05, 3.63) is 0 Å². The number of sulfone groups is 1. The second-order valence-electron chi connectivity index (χ2n) is 3.98. The molecule has 0 aromatic carbocycles. The standard InChI is InChI=1S/C10H19NO3S/c1-3-15(13,14)9(2)10(12)11-7-5-4-6-8-11/h9H,3-8H2,1-2H3. The Morgan fingerprint density at radius 1 is 1.27 bits per heavy atom. The lowest BCUT2D eigenvalue weighted by atomic mass is 10.1. The third-order valence-corrected chi connectivity index (χ3v) is 5.04. The van der Waals surface area contributed by atoms with E-state index in [9.17, 15) is 13.2 Å². The predicted octanol–water partition coefficient (Wildman–Crippen LogP) is 0.822. The molecule has 0 aromatic rings. The Labute approximate surface area is 91.6 Å². The summed E-state index contributed by atoms with van der Waals surface area (Å²) in [4.78, 5) is 13.5. The van der Waals surface area contributed by atoms with Crippen LogP contribution in [0.5, 0.6) is 0 Å². The van der Waals surface area contributed by atoms with Crippen molar-refractivity contribution in [1.29, 1.82) is 0 Å². The lowest BCUT2D eigenvalue weighted by Gasteiger charge is -2.28. The molecule has 1 aliphatic rings. The van der Waals surface area contributed by atoms with Crippen LogP contribution in [0.3, 0.4) is 0 Å². The van der Waals surface area contributed by atoms with Crippen molar-refractivity contribution in [2.24, 2.45) is 0 Å². The number of hydrogen-bond acceptors (Lipinski definition) is 3. The van der Waals surface area contributed by atoms with Gasteiger partial charge in [0.15, 0.2) is 9.84 Å². The lowest BCUT2D eigenvalue weighted by Crippen LogP contribution is -2.44. The maximum absolute atomic E-state index is 11.9. The Hall–Kier alpha value is -0.580. The SMILES string of the molecule is CCS(=O)(=O)C(C)C(=O)N1CCCCC1. The third kappa shape index (κ3) is 2.93. The molecule has 1 aliphatic heterocycles. The average molecular weight is 233 g/mol. The van der Waals surface area contributed by atoms with Gasteiger partial charge in [-0.15, -0.1) is 0 Å². The van der Waals surface area contributed by atoms with E-state index in [1.807, 2.05) is 0 Å². The van der Waals surface area contributed by atoms with Crippen LogP contribution in [0.25, 0.3) is 0 Å². The van der Waals surface area contributed by atoms with Gasteiger partial charge in [-0.1, -0.05) is 6.92 Å². The predicted molar refractivity (Wildman–Crippen MR) is 59.4 cm³/mol. The van der Waals surface area contributed by atoms with E-state index in [0.717, 1.165) is 19.3 Å². The van der Waals surface area contributed by atoms with Crippen LogP contribution in [0.15, 0.2) is 0 Å². The smallest absolute Gasteiger partial charge is 0.240 e. The maximum atomic E-state index is 11.9. The number of amides is 1. The van der Waals surface area contributed by atoms with Gasteiger partial charge >= 0.3 is 0 Å². The lowest BCUT2D eigenvalue weighted by molar-refractivity contribution is -0.131. The van der Waals surface area contributed by atoms with E-state index in [4.69, 9.17) is 0 Å². The van der Waals surface area contributed by atoms with Crippen LogP contribution >= 0.6 is 0 Å². The molecule has 15 heavy (non-hydrogen) atoms. The highest BCUT2D eigenvalue weighted by molar-refractivity contribution is 7.92. The largest absolute Gasteiger partial charge is 0.342 e. The Morgan fingerprint density at radius 3 is 2.27 bits per heavy atom. The number of carbonyl (C=O) groups is 1. The molecule has 0 aliphatic carbocycles. The van der Waals surface area contributed by atoms with E-state index in [1.54, 1.807) is 11.8 Å². The van der Waals surface area contributed by atoms with Crippen molar-refractivity contribution < 1.29 is 13.2 Å². The van der Waals surface area contributed by atoms with Crippen molar-refractivity contribution in [2.45, 2.75) is 38.4 Å². The van der Waals surface area contributed by atoms with Crippen LogP contribution in [0.1, 0.15) is 33.1 Å². The Morgan fingerprint density at radius 2 is 1.80 bits per heavy atom. The number of rotatable bonds is 3. The normalized spacial score (nSPS) is 20.0. The monoisotopic (exact) mass is 233 g/mol. The molecule has 0 aromatic heterocycles. The fourth-order valence-corrected chi connectivity index (χ4v) is 2.73. The van der Waals surface area contributed by atoms with Crippen LogP contribution in [0.4, 0.5) is 0 Å². The van der Waals surface area contributed by atoms with Gasteiger partial charge in [-0.25, -0.2) is 8.42 Å². The van der Waals surface area contributed by atoms with Gasteiger partial charge in [-0.3, -0.25) is 4.79 Å². The number of nitrogens with zero attached hydrogens (tertiary/aromatic N) is 1. The topological polar surface area (TPSA) is 54.5 Å². The van der Waals surface area contributed by atoms with Crippen LogP contribution in [0.2, 0.25) is 0 Å². The minimum absolute atomic E-state index is 0.0355. The van der Waals surface area contributed by atoms with Crippen molar-refractivity contribution >= 4 is 15.7 Å². The molecule has 1 atom stereocenters. The van der Waals surface area contributed by atoms with Gasteiger partial charge < -0.3 is 4.90 Å². The summed E-state index contributed by atoms with van der Waals surface area (Å²) in [6.07, 6.45) is 3.12. The van der Waals surface area contributed by atoms with Gasteiger partial charge in [0.2, 0.25) is 5.91 Å². The molecule has 1 unspecified atom stereocenters. The summed E-state index contributed by atoms with van der Waals surface area (Å²) in [6.45, 7) is 4.50. The molecule has 1 fully saturated rings.